The lowest BCUT2D eigenvalue weighted by molar-refractivity contribution is 0.563. The SMILES string of the molecule is ClCCCCCCCCCCCCCl. The van der Waals surface area contributed by atoms with Gasteiger partial charge in [-0.15, -0.1) is 23.2 Å². The first kappa shape index (κ1) is 14.6. The Kier molecular flexibility index (Phi) is 14.1. The zero-order chi connectivity index (χ0) is 10.5. The van der Waals surface area contributed by atoms with Crippen LogP contribution in [-0.2, 0) is 0 Å². The summed E-state index contributed by atoms with van der Waals surface area (Å²) in [6.45, 7) is 0. The van der Waals surface area contributed by atoms with Gasteiger partial charge in [0, 0.05) is 11.8 Å². The van der Waals surface area contributed by atoms with Gasteiger partial charge in [0.1, 0.15) is 0 Å². The van der Waals surface area contributed by atoms with Crippen molar-refractivity contribution in [3.05, 3.63) is 0 Å². The molecule has 0 nitrogen and oxygen atoms in total. The average molecular weight is 239 g/mol. The Morgan fingerprint density at radius 2 is 0.571 bits per heavy atom. The molecule has 0 saturated heterocycles. The normalized spacial score (nSPS) is 10.7. The largest absolute Gasteiger partial charge is 0.127 e. The van der Waals surface area contributed by atoms with Crippen LogP contribution in [0.4, 0.5) is 0 Å². The summed E-state index contributed by atoms with van der Waals surface area (Å²) in [5.74, 6) is 1.66. The average Bonchev–Trinajstić information content (AvgIpc) is 2.21. The standard InChI is InChI=1S/C12H24Cl2/c13-11-9-7-5-3-1-2-4-6-8-10-12-14/h1-12H2. The summed E-state index contributed by atoms with van der Waals surface area (Å²) >= 11 is 11.2. The highest BCUT2D eigenvalue weighted by Gasteiger charge is 1.92. The zero-order valence-corrected chi connectivity index (χ0v) is 10.8. The summed E-state index contributed by atoms with van der Waals surface area (Å²) in [4.78, 5) is 0. The molecule has 0 aromatic heterocycles. The molecular weight excluding hydrogens is 215 g/mol. The molecule has 2 heteroatoms. The molecule has 0 amide bonds. The van der Waals surface area contributed by atoms with Crippen molar-refractivity contribution >= 4 is 23.2 Å². The van der Waals surface area contributed by atoms with E-state index in [9.17, 15) is 0 Å². The number of unbranched alkanes of at least 4 members (excludes halogenated alkanes) is 9. The van der Waals surface area contributed by atoms with Crippen LogP contribution in [0.2, 0.25) is 0 Å². The molecule has 0 spiro atoms. The third kappa shape index (κ3) is 12.6. The molecule has 0 unspecified atom stereocenters. The molecule has 0 aromatic carbocycles. The van der Waals surface area contributed by atoms with Crippen LogP contribution in [0.25, 0.3) is 0 Å². The van der Waals surface area contributed by atoms with Crippen LogP contribution in [0.5, 0.6) is 0 Å². The van der Waals surface area contributed by atoms with Gasteiger partial charge in [-0.3, -0.25) is 0 Å². The van der Waals surface area contributed by atoms with Gasteiger partial charge in [0.15, 0.2) is 0 Å². The minimum Gasteiger partial charge on any atom is -0.127 e. The molecule has 0 aromatic rings. The summed E-state index contributed by atoms with van der Waals surface area (Å²) in [6, 6.07) is 0. The molecule has 0 rings (SSSR count). The lowest BCUT2D eigenvalue weighted by atomic mass is 10.1. The molecule has 14 heavy (non-hydrogen) atoms. The Morgan fingerprint density at radius 1 is 0.357 bits per heavy atom. The van der Waals surface area contributed by atoms with E-state index in [0.717, 1.165) is 11.8 Å². The summed E-state index contributed by atoms with van der Waals surface area (Å²) in [5, 5.41) is 0. The predicted molar refractivity (Wildman–Crippen MR) is 67.6 cm³/mol. The quantitative estimate of drug-likeness (QED) is 0.336. The van der Waals surface area contributed by atoms with Gasteiger partial charge in [0.05, 0.1) is 0 Å². The van der Waals surface area contributed by atoms with Crippen LogP contribution in [0.15, 0.2) is 0 Å². The molecule has 0 heterocycles. The molecule has 0 fully saturated rings. The minimum atomic E-state index is 0.832. The van der Waals surface area contributed by atoms with Gasteiger partial charge in [-0.1, -0.05) is 51.4 Å². The van der Waals surface area contributed by atoms with Crippen LogP contribution in [0, 0.1) is 0 Å². The molecule has 0 radical (unpaired) electrons. The van der Waals surface area contributed by atoms with E-state index in [-0.39, 0.29) is 0 Å². The highest BCUT2D eigenvalue weighted by molar-refractivity contribution is 6.18. The molecule has 0 N–H and O–H groups in total. The van der Waals surface area contributed by atoms with E-state index in [1.807, 2.05) is 0 Å². The molecule has 0 aliphatic heterocycles. The Balaban J connectivity index is 2.78. The van der Waals surface area contributed by atoms with Crippen LogP contribution >= 0.6 is 23.2 Å². The van der Waals surface area contributed by atoms with Gasteiger partial charge < -0.3 is 0 Å². The van der Waals surface area contributed by atoms with E-state index in [2.05, 4.69) is 0 Å². The van der Waals surface area contributed by atoms with Crippen LogP contribution in [0.1, 0.15) is 64.2 Å². The highest BCUT2D eigenvalue weighted by atomic mass is 35.5. The lowest BCUT2D eigenvalue weighted by Crippen LogP contribution is -1.83. The van der Waals surface area contributed by atoms with E-state index in [4.69, 9.17) is 23.2 Å². The number of rotatable bonds is 11. The Morgan fingerprint density at radius 3 is 0.786 bits per heavy atom. The third-order valence-corrected chi connectivity index (χ3v) is 3.05. The predicted octanol–water partition coefficient (Wildman–Crippen LogP) is 5.37. The zero-order valence-electron chi connectivity index (χ0n) is 9.24. The maximum atomic E-state index is 5.60. The molecule has 0 atom stereocenters. The van der Waals surface area contributed by atoms with Crippen molar-refractivity contribution in [2.75, 3.05) is 11.8 Å². The van der Waals surface area contributed by atoms with Crippen molar-refractivity contribution in [3.63, 3.8) is 0 Å². The first-order valence-electron chi connectivity index (χ1n) is 6.03. The first-order chi connectivity index (χ1) is 6.91. The van der Waals surface area contributed by atoms with Crippen molar-refractivity contribution in [1.29, 1.82) is 0 Å². The fourth-order valence-electron chi connectivity index (χ4n) is 1.60. The van der Waals surface area contributed by atoms with E-state index in [1.54, 1.807) is 0 Å². The highest BCUT2D eigenvalue weighted by Crippen LogP contribution is 2.10. The second-order valence-corrected chi connectivity index (χ2v) is 4.67. The first-order valence-corrected chi connectivity index (χ1v) is 7.10. The van der Waals surface area contributed by atoms with E-state index in [1.165, 1.54) is 64.2 Å². The van der Waals surface area contributed by atoms with Gasteiger partial charge in [-0.05, 0) is 12.8 Å². The Labute approximate surface area is 99.4 Å². The fourth-order valence-corrected chi connectivity index (χ4v) is 1.98. The summed E-state index contributed by atoms with van der Waals surface area (Å²) in [7, 11) is 0. The third-order valence-electron chi connectivity index (χ3n) is 2.52. The van der Waals surface area contributed by atoms with Gasteiger partial charge in [0.2, 0.25) is 0 Å². The molecule has 0 bridgehead atoms. The second kappa shape index (κ2) is 13.6. The maximum Gasteiger partial charge on any atom is 0.0223 e. The van der Waals surface area contributed by atoms with Crippen molar-refractivity contribution in [2.45, 2.75) is 64.2 Å². The lowest BCUT2D eigenvalue weighted by Gasteiger charge is -2.00. The second-order valence-electron chi connectivity index (χ2n) is 3.91. The van der Waals surface area contributed by atoms with Crippen molar-refractivity contribution in [2.24, 2.45) is 0 Å². The number of hydrogen-bond donors (Lipinski definition) is 0. The van der Waals surface area contributed by atoms with E-state index < -0.39 is 0 Å². The molecule has 0 saturated carbocycles. The molecular formula is C12H24Cl2. The summed E-state index contributed by atoms with van der Waals surface area (Å²) in [5.41, 5.74) is 0. The Bertz CT molecular complexity index is 82.3. The number of halogens is 2. The monoisotopic (exact) mass is 238 g/mol. The summed E-state index contributed by atoms with van der Waals surface area (Å²) in [6.07, 6.45) is 13.4. The Hall–Kier alpha value is 0.580. The molecule has 86 valence electrons. The molecule has 0 aliphatic rings. The van der Waals surface area contributed by atoms with Crippen molar-refractivity contribution in [3.8, 4) is 0 Å². The fraction of sp³-hybridized carbons (Fsp3) is 1.00. The maximum absolute atomic E-state index is 5.60. The van der Waals surface area contributed by atoms with E-state index >= 15 is 0 Å². The van der Waals surface area contributed by atoms with Crippen LogP contribution in [0.3, 0.4) is 0 Å². The topological polar surface area (TPSA) is 0 Å². The van der Waals surface area contributed by atoms with Crippen molar-refractivity contribution in [1.82, 2.24) is 0 Å². The van der Waals surface area contributed by atoms with Gasteiger partial charge in [-0.25, -0.2) is 0 Å². The van der Waals surface area contributed by atoms with Crippen molar-refractivity contribution < 1.29 is 0 Å². The summed E-state index contributed by atoms with van der Waals surface area (Å²) < 4.78 is 0. The minimum absolute atomic E-state index is 0.832. The van der Waals surface area contributed by atoms with Gasteiger partial charge in [0.25, 0.3) is 0 Å². The smallest absolute Gasteiger partial charge is 0.0223 e. The number of hydrogen-bond acceptors (Lipinski definition) is 0. The van der Waals surface area contributed by atoms with E-state index in [0.29, 0.717) is 0 Å². The van der Waals surface area contributed by atoms with Crippen LogP contribution < -0.4 is 0 Å². The number of alkyl halides is 2. The van der Waals surface area contributed by atoms with Gasteiger partial charge in [-0.2, -0.15) is 0 Å². The van der Waals surface area contributed by atoms with Crippen LogP contribution in [-0.4, -0.2) is 11.8 Å². The van der Waals surface area contributed by atoms with Gasteiger partial charge >= 0.3 is 0 Å². The molecule has 0 aliphatic carbocycles.